The third-order valence-corrected chi connectivity index (χ3v) is 5.36. The molecule has 0 amide bonds. The molecule has 3 nitrogen and oxygen atoms in total. The predicted octanol–water partition coefficient (Wildman–Crippen LogP) is 3.36. The predicted molar refractivity (Wildman–Crippen MR) is 87.4 cm³/mol. The van der Waals surface area contributed by atoms with Crippen molar-refractivity contribution in [1.29, 1.82) is 0 Å². The van der Waals surface area contributed by atoms with Crippen molar-refractivity contribution in [3.8, 4) is 0 Å². The van der Waals surface area contributed by atoms with Gasteiger partial charge in [0.25, 0.3) is 0 Å². The molecule has 2 N–H and O–H groups in total. The first kappa shape index (κ1) is 17.2. The molecule has 0 aromatic rings. The van der Waals surface area contributed by atoms with Crippen LogP contribution in [-0.2, 0) is 4.74 Å². The minimum atomic E-state index is -0.357. The Morgan fingerprint density at radius 3 is 2.52 bits per heavy atom. The maximum Gasteiger partial charge on any atom is 0.0897 e. The van der Waals surface area contributed by atoms with Crippen LogP contribution in [0.4, 0.5) is 0 Å². The molecule has 0 aromatic carbocycles. The molecule has 0 aromatic heterocycles. The highest BCUT2D eigenvalue weighted by Gasteiger charge is 2.21. The monoisotopic (exact) mass is 297 g/mol. The first-order valence-corrected chi connectivity index (χ1v) is 9.14. The van der Waals surface area contributed by atoms with Gasteiger partial charge in [-0.3, -0.25) is 0 Å². The summed E-state index contributed by atoms with van der Waals surface area (Å²) >= 11 is 0. The van der Waals surface area contributed by atoms with Crippen molar-refractivity contribution < 1.29 is 9.84 Å². The molecule has 2 saturated carbocycles. The lowest BCUT2D eigenvalue weighted by Gasteiger charge is -2.28. The van der Waals surface area contributed by atoms with Crippen molar-refractivity contribution in [1.82, 2.24) is 5.32 Å². The Labute approximate surface area is 130 Å². The first-order chi connectivity index (χ1) is 10.1. The van der Waals surface area contributed by atoms with E-state index in [4.69, 9.17) is 4.74 Å². The summed E-state index contributed by atoms with van der Waals surface area (Å²) < 4.78 is 5.88. The summed E-state index contributed by atoms with van der Waals surface area (Å²) in [6.07, 6.45) is 10.4. The lowest BCUT2D eigenvalue weighted by atomic mass is 9.83. The second kappa shape index (κ2) is 9.12. The fourth-order valence-electron chi connectivity index (χ4n) is 3.82. The zero-order chi connectivity index (χ0) is 15.1. The van der Waals surface area contributed by atoms with Crippen LogP contribution >= 0.6 is 0 Å². The molecule has 3 unspecified atom stereocenters. The van der Waals surface area contributed by atoms with E-state index in [1.165, 1.54) is 51.4 Å². The highest BCUT2D eigenvalue weighted by Crippen LogP contribution is 2.27. The average Bonchev–Trinajstić information content (AvgIpc) is 2.47. The molecular weight excluding hydrogens is 262 g/mol. The fourth-order valence-corrected chi connectivity index (χ4v) is 3.82. The van der Waals surface area contributed by atoms with E-state index in [-0.39, 0.29) is 6.10 Å². The number of ether oxygens (including phenoxy) is 1. The summed E-state index contributed by atoms with van der Waals surface area (Å²) in [5, 5.41) is 13.5. The van der Waals surface area contributed by atoms with Gasteiger partial charge in [-0.1, -0.05) is 39.5 Å². The van der Waals surface area contributed by atoms with Gasteiger partial charge in [-0.05, 0) is 50.0 Å². The van der Waals surface area contributed by atoms with Crippen LogP contribution in [0.2, 0.25) is 0 Å². The smallest absolute Gasteiger partial charge is 0.0897 e. The van der Waals surface area contributed by atoms with Gasteiger partial charge in [-0.25, -0.2) is 0 Å². The van der Waals surface area contributed by atoms with Gasteiger partial charge >= 0.3 is 0 Å². The number of hydrogen-bond acceptors (Lipinski definition) is 3. The highest BCUT2D eigenvalue weighted by molar-refractivity contribution is 4.74. The molecule has 21 heavy (non-hydrogen) atoms. The zero-order valence-corrected chi connectivity index (χ0v) is 14.0. The summed E-state index contributed by atoms with van der Waals surface area (Å²) in [5.41, 5.74) is 0. The van der Waals surface area contributed by atoms with Crippen LogP contribution in [0.5, 0.6) is 0 Å². The molecule has 0 aliphatic heterocycles. The molecule has 2 rings (SSSR count). The van der Waals surface area contributed by atoms with Crippen molar-refractivity contribution in [2.45, 2.75) is 77.4 Å². The number of hydrogen-bond donors (Lipinski definition) is 2. The largest absolute Gasteiger partial charge is 0.389 e. The van der Waals surface area contributed by atoms with E-state index in [1.807, 2.05) is 0 Å². The SMILES string of the molecule is CC1CCC(CNCC(O)COC2CCCC(C)C2)CC1. The van der Waals surface area contributed by atoms with Crippen LogP contribution in [0.1, 0.15) is 65.2 Å². The molecule has 0 spiro atoms. The van der Waals surface area contributed by atoms with Gasteiger partial charge in [0, 0.05) is 6.54 Å². The molecule has 124 valence electrons. The summed E-state index contributed by atoms with van der Waals surface area (Å²) in [6, 6.07) is 0. The number of aliphatic hydroxyl groups excluding tert-OH is 1. The molecule has 0 bridgehead atoms. The van der Waals surface area contributed by atoms with E-state index in [0.29, 0.717) is 19.3 Å². The Morgan fingerprint density at radius 2 is 1.81 bits per heavy atom. The molecule has 2 aliphatic carbocycles. The van der Waals surface area contributed by atoms with E-state index in [0.717, 1.165) is 24.3 Å². The van der Waals surface area contributed by atoms with E-state index >= 15 is 0 Å². The van der Waals surface area contributed by atoms with Crippen LogP contribution < -0.4 is 5.32 Å². The number of nitrogens with one attached hydrogen (secondary N) is 1. The lowest BCUT2D eigenvalue weighted by molar-refractivity contribution is -0.0308. The van der Waals surface area contributed by atoms with Crippen LogP contribution in [0, 0.1) is 17.8 Å². The third kappa shape index (κ3) is 6.66. The first-order valence-electron chi connectivity index (χ1n) is 9.14. The summed E-state index contributed by atoms with van der Waals surface area (Å²) in [5.74, 6) is 2.51. The Morgan fingerprint density at radius 1 is 1.05 bits per heavy atom. The standard InChI is InChI=1S/C18H35NO2/c1-14-6-8-16(9-7-14)11-19-12-17(20)13-21-18-5-3-4-15(2)10-18/h14-20H,3-13H2,1-2H3. The average molecular weight is 297 g/mol. The second-order valence-corrected chi connectivity index (χ2v) is 7.67. The van der Waals surface area contributed by atoms with Crippen molar-refractivity contribution in [3.05, 3.63) is 0 Å². The Balaban J connectivity index is 1.50. The second-order valence-electron chi connectivity index (χ2n) is 7.67. The van der Waals surface area contributed by atoms with Crippen LogP contribution in [-0.4, -0.2) is 37.0 Å². The third-order valence-electron chi connectivity index (χ3n) is 5.36. The Kier molecular flexibility index (Phi) is 7.48. The molecule has 2 aliphatic rings. The number of rotatable bonds is 7. The fraction of sp³-hybridized carbons (Fsp3) is 1.00. The molecule has 0 heterocycles. The van der Waals surface area contributed by atoms with Crippen molar-refractivity contribution >= 4 is 0 Å². The maximum absolute atomic E-state index is 10.0. The van der Waals surface area contributed by atoms with Gasteiger partial charge in [-0.2, -0.15) is 0 Å². The summed E-state index contributed by atoms with van der Waals surface area (Å²) in [4.78, 5) is 0. The quantitative estimate of drug-likeness (QED) is 0.757. The van der Waals surface area contributed by atoms with E-state index in [1.54, 1.807) is 0 Å². The molecule has 3 atom stereocenters. The van der Waals surface area contributed by atoms with E-state index in [2.05, 4.69) is 19.2 Å². The summed E-state index contributed by atoms with van der Waals surface area (Å²) in [7, 11) is 0. The molecule has 2 fully saturated rings. The van der Waals surface area contributed by atoms with Gasteiger partial charge in [0.05, 0.1) is 18.8 Å². The van der Waals surface area contributed by atoms with Gasteiger partial charge in [-0.15, -0.1) is 0 Å². The van der Waals surface area contributed by atoms with Crippen molar-refractivity contribution in [2.75, 3.05) is 19.7 Å². The van der Waals surface area contributed by atoms with Gasteiger partial charge in [0.15, 0.2) is 0 Å². The Bertz CT molecular complexity index is 276. The van der Waals surface area contributed by atoms with E-state index < -0.39 is 0 Å². The normalized spacial score (nSPS) is 35.6. The van der Waals surface area contributed by atoms with Crippen molar-refractivity contribution in [3.63, 3.8) is 0 Å². The zero-order valence-electron chi connectivity index (χ0n) is 14.0. The molecule has 3 heteroatoms. The van der Waals surface area contributed by atoms with Gasteiger partial charge in [0.2, 0.25) is 0 Å². The minimum Gasteiger partial charge on any atom is -0.389 e. The summed E-state index contributed by atoms with van der Waals surface area (Å²) in [6.45, 7) is 6.89. The van der Waals surface area contributed by atoms with Crippen LogP contribution in [0.15, 0.2) is 0 Å². The van der Waals surface area contributed by atoms with Crippen LogP contribution in [0.3, 0.4) is 0 Å². The van der Waals surface area contributed by atoms with E-state index in [9.17, 15) is 5.11 Å². The van der Waals surface area contributed by atoms with Crippen molar-refractivity contribution in [2.24, 2.45) is 17.8 Å². The molecule has 0 radical (unpaired) electrons. The molecular formula is C18H35NO2. The topological polar surface area (TPSA) is 41.5 Å². The van der Waals surface area contributed by atoms with Crippen LogP contribution in [0.25, 0.3) is 0 Å². The van der Waals surface area contributed by atoms with Gasteiger partial charge < -0.3 is 15.2 Å². The van der Waals surface area contributed by atoms with Gasteiger partial charge in [0.1, 0.15) is 0 Å². The lowest BCUT2D eigenvalue weighted by Crippen LogP contribution is -2.35. The Hall–Kier alpha value is -0.120. The number of aliphatic hydroxyl groups is 1. The minimum absolute atomic E-state index is 0.357. The highest BCUT2D eigenvalue weighted by atomic mass is 16.5. The maximum atomic E-state index is 10.0. The molecule has 0 saturated heterocycles.